The molecule has 1 aromatic carbocycles. The van der Waals surface area contributed by atoms with Crippen LogP contribution in [0.5, 0.6) is 0 Å². The number of fused-ring (bicyclic) bond motifs is 1. The summed E-state index contributed by atoms with van der Waals surface area (Å²) in [4.78, 5) is 50.8. The molecule has 0 radical (unpaired) electrons. The van der Waals surface area contributed by atoms with Crippen molar-refractivity contribution in [2.75, 3.05) is 6.61 Å². The highest BCUT2D eigenvalue weighted by molar-refractivity contribution is 5.89. The van der Waals surface area contributed by atoms with Gasteiger partial charge in [0.15, 0.2) is 12.2 Å². The SMILES string of the molecule is CC(=O)OC(C(=O)OC1C(OC(=O)c2ccccc2)C2(C)C(C)=CCCC2C(C)(C=CC2=CC(=O)OC2)C1(C)O)C(C)C. The number of carbonyl (C=O) groups excluding carboxylic acids is 4. The fraction of sp³-hybridized carbons (Fsp3) is 0.529. The van der Waals surface area contributed by atoms with Crippen LogP contribution in [0.2, 0.25) is 0 Å². The second-order valence-electron chi connectivity index (χ2n) is 12.7. The summed E-state index contributed by atoms with van der Waals surface area (Å²) in [5.74, 6) is -3.25. The van der Waals surface area contributed by atoms with Crippen molar-refractivity contribution in [1.29, 1.82) is 0 Å². The van der Waals surface area contributed by atoms with E-state index < -0.39 is 64.5 Å². The van der Waals surface area contributed by atoms with Crippen LogP contribution in [0.1, 0.15) is 71.7 Å². The summed E-state index contributed by atoms with van der Waals surface area (Å²) in [6.07, 6.45) is 4.80. The maximum atomic E-state index is 13.7. The highest BCUT2D eigenvalue weighted by atomic mass is 16.6. The highest BCUT2D eigenvalue weighted by Crippen LogP contribution is 2.63. The third-order valence-electron chi connectivity index (χ3n) is 9.66. The van der Waals surface area contributed by atoms with Gasteiger partial charge in [0, 0.05) is 29.7 Å². The Labute approximate surface area is 252 Å². The minimum Gasteiger partial charge on any atom is -0.458 e. The summed E-state index contributed by atoms with van der Waals surface area (Å²) in [5, 5.41) is 12.6. The number of cyclic esters (lactones) is 1. The van der Waals surface area contributed by atoms with Gasteiger partial charge >= 0.3 is 23.9 Å². The van der Waals surface area contributed by atoms with Crippen molar-refractivity contribution >= 4 is 23.9 Å². The van der Waals surface area contributed by atoms with Crippen molar-refractivity contribution in [3.63, 3.8) is 0 Å². The maximum Gasteiger partial charge on any atom is 0.348 e. The third-order valence-corrected chi connectivity index (χ3v) is 9.66. The zero-order valence-electron chi connectivity index (χ0n) is 25.9. The lowest BCUT2D eigenvalue weighted by Crippen LogP contribution is -2.72. The Morgan fingerprint density at radius 2 is 1.74 bits per heavy atom. The third kappa shape index (κ3) is 5.92. The van der Waals surface area contributed by atoms with Crippen LogP contribution in [-0.2, 0) is 33.3 Å². The van der Waals surface area contributed by atoms with Crippen LogP contribution in [0.25, 0.3) is 0 Å². The monoisotopic (exact) mass is 594 g/mol. The fourth-order valence-electron chi connectivity index (χ4n) is 6.87. The van der Waals surface area contributed by atoms with Crippen molar-refractivity contribution in [3.8, 4) is 0 Å². The predicted molar refractivity (Wildman–Crippen MR) is 157 cm³/mol. The van der Waals surface area contributed by atoms with Gasteiger partial charge in [0.1, 0.15) is 12.2 Å². The first-order valence-electron chi connectivity index (χ1n) is 14.7. The average molecular weight is 595 g/mol. The van der Waals surface area contributed by atoms with E-state index in [1.165, 1.54) is 13.0 Å². The molecule has 3 aliphatic rings. The lowest BCUT2D eigenvalue weighted by atomic mass is 9.44. The van der Waals surface area contributed by atoms with E-state index in [-0.39, 0.29) is 12.5 Å². The quantitative estimate of drug-likeness (QED) is 0.255. The molecule has 1 fully saturated rings. The van der Waals surface area contributed by atoms with E-state index in [4.69, 9.17) is 18.9 Å². The van der Waals surface area contributed by atoms with E-state index in [0.29, 0.717) is 17.6 Å². The van der Waals surface area contributed by atoms with Gasteiger partial charge in [-0.15, -0.1) is 0 Å². The lowest BCUT2D eigenvalue weighted by Gasteiger charge is -2.64. The summed E-state index contributed by atoms with van der Waals surface area (Å²) in [5.41, 5.74) is -1.81. The summed E-state index contributed by atoms with van der Waals surface area (Å²) in [6, 6.07) is 8.50. The Morgan fingerprint density at radius 3 is 2.33 bits per heavy atom. The number of esters is 4. The predicted octanol–water partition coefficient (Wildman–Crippen LogP) is 4.88. The number of allylic oxidation sites excluding steroid dienone is 1. The second-order valence-corrected chi connectivity index (χ2v) is 12.7. The van der Waals surface area contributed by atoms with Crippen LogP contribution in [0, 0.1) is 22.7 Å². The standard InChI is InChI=1S/C34H42O9/c1-20(2)27(41-22(4)35)31(38)43-29-28(42-30(37)24-13-9-8-10-14-24)33(6)21(3)12-11-15-25(33)32(5,34(29,7)39)17-16-23-18-26(36)40-19-23/h8-10,12-14,16-18,20,25,27-29,39H,11,15,19H2,1-7H3. The minimum absolute atomic E-state index is 0.114. The van der Waals surface area contributed by atoms with Gasteiger partial charge < -0.3 is 24.1 Å². The minimum atomic E-state index is -1.79. The number of hydrogen-bond acceptors (Lipinski definition) is 9. The topological polar surface area (TPSA) is 125 Å². The highest BCUT2D eigenvalue weighted by Gasteiger charge is 2.69. The molecule has 9 heteroatoms. The molecule has 7 unspecified atom stereocenters. The van der Waals surface area contributed by atoms with Crippen LogP contribution in [0.4, 0.5) is 0 Å². The van der Waals surface area contributed by atoms with Gasteiger partial charge in [-0.1, -0.05) is 69.7 Å². The number of rotatable bonds is 8. The van der Waals surface area contributed by atoms with Crippen molar-refractivity contribution in [3.05, 3.63) is 71.3 Å². The van der Waals surface area contributed by atoms with Crippen LogP contribution in [-0.4, -0.2) is 59.5 Å². The van der Waals surface area contributed by atoms with E-state index in [0.717, 1.165) is 12.0 Å². The molecular formula is C34H42O9. The molecule has 0 amide bonds. The van der Waals surface area contributed by atoms with Gasteiger partial charge in [0.05, 0.1) is 5.56 Å². The molecule has 9 nitrogen and oxygen atoms in total. The molecule has 0 spiro atoms. The Balaban J connectivity index is 1.87. The normalized spacial score (nSPS) is 32.8. The van der Waals surface area contributed by atoms with E-state index in [1.807, 2.05) is 26.8 Å². The molecule has 232 valence electrons. The number of ether oxygens (including phenoxy) is 4. The van der Waals surface area contributed by atoms with E-state index in [9.17, 15) is 24.3 Å². The van der Waals surface area contributed by atoms with E-state index >= 15 is 0 Å². The number of benzene rings is 1. The van der Waals surface area contributed by atoms with Crippen LogP contribution in [0.15, 0.2) is 65.8 Å². The Bertz CT molecular complexity index is 1350. The molecule has 0 aromatic heterocycles. The first-order valence-corrected chi connectivity index (χ1v) is 14.7. The molecule has 7 atom stereocenters. The Kier molecular flexibility index (Phi) is 9.07. The summed E-state index contributed by atoms with van der Waals surface area (Å²) in [7, 11) is 0. The van der Waals surface area contributed by atoms with Crippen molar-refractivity contribution < 1.29 is 43.2 Å². The van der Waals surface area contributed by atoms with Gasteiger partial charge in [0.25, 0.3) is 0 Å². The van der Waals surface area contributed by atoms with Gasteiger partial charge in [-0.05, 0) is 50.3 Å². The molecule has 0 bridgehead atoms. The summed E-state index contributed by atoms with van der Waals surface area (Å²) in [6.45, 7) is 12.2. The summed E-state index contributed by atoms with van der Waals surface area (Å²) >= 11 is 0. The molecule has 1 heterocycles. The lowest BCUT2D eigenvalue weighted by molar-refractivity contribution is -0.263. The van der Waals surface area contributed by atoms with Gasteiger partial charge in [-0.3, -0.25) is 4.79 Å². The maximum absolute atomic E-state index is 13.7. The smallest absolute Gasteiger partial charge is 0.348 e. The molecule has 1 aromatic rings. The van der Waals surface area contributed by atoms with Crippen LogP contribution in [0.3, 0.4) is 0 Å². The van der Waals surface area contributed by atoms with Crippen LogP contribution < -0.4 is 0 Å². The van der Waals surface area contributed by atoms with Gasteiger partial charge in [0.2, 0.25) is 6.10 Å². The van der Waals surface area contributed by atoms with E-state index in [2.05, 4.69) is 6.08 Å². The second kappa shape index (κ2) is 12.1. The molecule has 1 aliphatic heterocycles. The van der Waals surface area contributed by atoms with Crippen molar-refractivity contribution in [2.24, 2.45) is 22.7 Å². The van der Waals surface area contributed by atoms with E-state index in [1.54, 1.807) is 57.2 Å². The molecule has 0 saturated heterocycles. The van der Waals surface area contributed by atoms with Crippen LogP contribution >= 0.6 is 0 Å². The Morgan fingerprint density at radius 1 is 1.07 bits per heavy atom. The largest absolute Gasteiger partial charge is 0.458 e. The number of carbonyl (C=O) groups is 4. The number of aliphatic hydroxyl groups is 1. The number of hydrogen-bond donors (Lipinski definition) is 1. The average Bonchev–Trinajstić information content (AvgIpc) is 3.37. The van der Waals surface area contributed by atoms with Gasteiger partial charge in [-0.25, -0.2) is 14.4 Å². The molecular weight excluding hydrogens is 552 g/mol. The first-order chi connectivity index (χ1) is 20.1. The zero-order valence-corrected chi connectivity index (χ0v) is 25.9. The van der Waals surface area contributed by atoms with Crippen molar-refractivity contribution in [1.82, 2.24) is 0 Å². The fourth-order valence-corrected chi connectivity index (χ4v) is 6.87. The Hall–Kier alpha value is -3.72. The molecule has 2 aliphatic carbocycles. The first kappa shape index (κ1) is 32.2. The van der Waals surface area contributed by atoms with Gasteiger partial charge in [-0.2, -0.15) is 0 Å². The molecule has 1 saturated carbocycles. The zero-order chi connectivity index (χ0) is 31.7. The molecule has 43 heavy (non-hydrogen) atoms. The summed E-state index contributed by atoms with van der Waals surface area (Å²) < 4.78 is 22.8. The molecule has 1 N–H and O–H groups in total. The molecule has 4 rings (SSSR count). The van der Waals surface area contributed by atoms with Crippen molar-refractivity contribution in [2.45, 2.75) is 85.2 Å².